The van der Waals surface area contributed by atoms with E-state index in [1.807, 2.05) is 6.92 Å². The summed E-state index contributed by atoms with van der Waals surface area (Å²) in [6.45, 7) is 2.59. The van der Waals surface area contributed by atoms with Crippen LogP contribution in [0, 0.1) is 12.7 Å². The Bertz CT molecular complexity index is 864. The molecular formula is C18H18FN5OS. The molecule has 0 aliphatic rings. The Morgan fingerprint density at radius 2 is 1.88 bits per heavy atom. The van der Waals surface area contributed by atoms with E-state index in [4.69, 9.17) is 0 Å². The van der Waals surface area contributed by atoms with Crippen LogP contribution in [0.1, 0.15) is 5.56 Å². The number of aromatic nitrogens is 4. The minimum absolute atomic E-state index is 0.0105. The van der Waals surface area contributed by atoms with Gasteiger partial charge >= 0.3 is 0 Å². The Labute approximate surface area is 154 Å². The van der Waals surface area contributed by atoms with E-state index in [1.54, 1.807) is 23.9 Å². The van der Waals surface area contributed by atoms with Gasteiger partial charge in [0.2, 0.25) is 11.7 Å². The molecule has 1 N–H and O–H groups in total. The fraction of sp³-hybridized carbons (Fsp3) is 0.222. The molecule has 26 heavy (non-hydrogen) atoms. The minimum Gasteiger partial charge on any atom is -0.354 e. The van der Waals surface area contributed by atoms with Gasteiger partial charge in [0.05, 0.1) is 0 Å². The van der Waals surface area contributed by atoms with Crippen LogP contribution in [0.5, 0.6) is 0 Å². The Hall–Kier alpha value is -2.74. The van der Waals surface area contributed by atoms with E-state index in [0.717, 1.165) is 5.75 Å². The Balaban J connectivity index is 1.43. The maximum atomic E-state index is 12.9. The first-order chi connectivity index (χ1) is 12.6. The van der Waals surface area contributed by atoms with Crippen LogP contribution in [-0.4, -0.2) is 38.4 Å². The topological polar surface area (TPSA) is 72.7 Å². The van der Waals surface area contributed by atoms with Crippen LogP contribution in [0.4, 0.5) is 4.39 Å². The molecule has 0 saturated carbocycles. The fourth-order valence-corrected chi connectivity index (χ4v) is 2.97. The highest BCUT2D eigenvalue weighted by Crippen LogP contribution is 2.17. The molecule has 1 heterocycles. The number of nitrogens with zero attached hydrogens (tertiary/aromatic N) is 4. The van der Waals surface area contributed by atoms with Gasteiger partial charge in [0.15, 0.2) is 0 Å². The minimum atomic E-state index is -0.330. The van der Waals surface area contributed by atoms with Crippen molar-refractivity contribution < 1.29 is 9.18 Å². The Morgan fingerprint density at radius 1 is 1.15 bits per heavy atom. The van der Waals surface area contributed by atoms with E-state index in [9.17, 15) is 9.18 Å². The second-order valence-corrected chi connectivity index (χ2v) is 6.83. The molecule has 6 nitrogen and oxygen atoms in total. The summed E-state index contributed by atoms with van der Waals surface area (Å²) < 4.78 is 12.9. The SMILES string of the molecule is Cc1ccc(SCCNC(=O)Cn2nnc(-c3ccc(F)cc3)n2)cc1. The monoisotopic (exact) mass is 371 g/mol. The number of rotatable bonds is 7. The van der Waals surface area contributed by atoms with Crippen LogP contribution < -0.4 is 5.32 Å². The summed E-state index contributed by atoms with van der Waals surface area (Å²) in [5.41, 5.74) is 1.87. The Kier molecular flexibility index (Phi) is 5.96. The van der Waals surface area contributed by atoms with Gasteiger partial charge < -0.3 is 5.32 Å². The maximum Gasteiger partial charge on any atom is 0.243 e. The van der Waals surface area contributed by atoms with Crippen molar-refractivity contribution in [3.05, 3.63) is 59.9 Å². The van der Waals surface area contributed by atoms with Crippen LogP contribution in [0.2, 0.25) is 0 Å². The molecule has 0 unspecified atom stereocenters. The first-order valence-electron chi connectivity index (χ1n) is 8.10. The summed E-state index contributed by atoms with van der Waals surface area (Å²) in [5.74, 6) is 0.620. The highest BCUT2D eigenvalue weighted by Gasteiger charge is 2.09. The number of carbonyl (C=O) groups is 1. The van der Waals surface area contributed by atoms with Crippen molar-refractivity contribution in [1.29, 1.82) is 0 Å². The molecule has 1 aromatic heterocycles. The highest BCUT2D eigenvalue weighted by molar-refractivity contribution is 7.99. The second-order valence-electron chi connectivity index (χ2n) is 5.66. The number of halogens is 1. The second kappa shape index (κ2) is 8.57. The molecule has 0 aliphatic carbocycles. The van der Waals surface area contributed by atoms with E-state index in [-0.39, 0.29) is 18.3 Å². The fourth-order valence-electron chi connectivity index (χ4n) is 2.20. The van der Waals surface area contributed by atoms with Crippen molar-refractivity contribution in [3.8, 4) is 11.4 Å². The third kappa shape index (κ3) is 5.13. The average molecular weight is 371 g/mol. The van der Waals surface area contributed by atoms with Crippen LogP contribution >= 0.6 is 11.8 Å². The van der Waals surface area contributed by atoms with Crippen LogP contribution in [0.15, 0.2) is 53.4 Å². The number of hydrogen-bond donors (Lipinski definition) is 1. The molecule has 0 bridgehead atoms. The lowest BCUT2D eigenvalue weighted by atomic mass is 10.2. The van der Waals surface area contributed by atoms with Crippen molar-refractivity contribution >= 4 is 17.7 Å². The summed E-state index contributed by atoms with van der Waals surface area (Å²) in [4.78, 5) is 14.4. The average Bonchev–Trinajstić information content (AvgIpc) is 3.09. The lowest BCUT2D eigenvalue weighted by Crippen LogP contribution is -2.30. The number of aryl methyl sites for hydroxylation is 1. The number of amides is 1. The van der Waals surface area contributed by atoms with Gasteiger partial charge in [-0.25, -0.2) is 4.39 Å². The molecule has 0 spiro atoms. The normalized spacial score (nSPS) is 10.7. The highest BCUT2D eigenvalue weighted by atomic mass is 32.2. The maximum absolute atomic E-state index is 12.9. The van der Waals surface area contributed by atoms with Gasteiger partial charge in [-0.3, -0.25) is 4.79 Å². The van der Waals surface area contributed by atoms with Gasteiger partial charge in [-0.05, 0) is 48.5 Å². The van der Waals surface area contributed by atoms with Gasteiger partial charge in [0.25, 0.3) is 0 Å². The van der Waals surface area contributed by atoms with E-state index in [1.165, 1.54) is 27.4 Å². The molecule has 0 atom stereocenters. The van der Waals surface area contributed by atoms with Crippen molar-refractivity contribution in [1.82, 2.24) is 25.5 Å². The lowest BCUT2D eigenvalue weighted by molar-refractivity contribution is -0.121. The quantitative estimate of drug-likeness (QED) is 0.511. The molecule has 8 heteroatoms. The largest absolute Gasteiger partial charge is 0.354 e. The molecule has 1 amide bonds. The zero-order chi connectivity index (χ0) is 18.4. The summed E-state index contributed by atoms with van der Waals surface area (Å²) in [6.07, 6.45) is 0. The molecule has 0 aliphatic heterocycles. The number of tetrazole rings is 1. The molecule has 0 fully saturated rings. The van der Waals surface area contributed by atoms with E-state index in [0.29, 0.717) is 17.9 Å². The van der Waals surface area contributed by atoms with Gasteiger partial charge in [0.1, 0.15) is 12.4 Å². The van der Waals surface area contributed by atoms with E-state index in [2.05, 4.69) is 45.0 Å². The van der Waals surface area contributed by atoms with Crippen LogP contribution in [-0.2, 0) is 11.3 Å². The molecule has 0 saturated heterocycles. The van der Waals surface area contributed by atoms with Crippen molar-refractivity contribution in [2.24, 2.45) is 0 Å². The number of carbonyl (C=O) groups excluding carboxylic acids is 1. The first kappa shape index (κ1) is 18.1. The summed E-state index contributed by atoms with van der Waals surface area (Å²) in [7, 11) is 0. The number of nitrogens with one attached hydrogen (secondary N) is 1. The van der Waals surface area contributed by atoms with Gasteiger partial charge in [-0.15, -0.1) is 22.0 Å². The molecular weight excluding hydrogens is 353 g/mol. The van der Waals surface area contributed by atoms with Gasteiger partial charge in [-0.1, -0.05) is 17.7 Å². The number of hydrogen-bond acceptors (Lipinski definition) is 5. The third-order valence-electron chi connectivity index (χ3n) is 3.55. The Morgan fingerprint density at radius 3 is 2.62 bits per heavy atom. The molecule has 3 rings (SSSR count). The summed E-state index contributed by atoms with van der Waals surface area (Å²) in [5, 5.41) is 14.7. The summed E-state index contributed by atoms with van der Waals surface area (Å²) in [6, 6.07) is 14.1. The smallest absolute Gasteiger partial charge is 0.243 e. The van der Waals surface area contributed by atoms with Gasteiger partial charge in [-0.2, -0.15) is 4.80 Å². The standard InChI is InChI=1S/C18H18FN5OS/c1-13-2-8-16(9-3-13)26-11-10-20-17(25)12-24-22-18(21-23-24)14-4-6-15(19)7-5-14/h2-9H,10-12H2,1H3,(H,20,25). The molecule has 134 valence electrons. The van der Waals surface area contributed by atoms with E-state index >= 15 is 0 Å². The van der Waals surface area contributed by atoms with Crippen molar-refractivity contribution in [2.75, 3.05) is 12.3 Å². The molecule has 0 radical (unpaired) electrons. The number of benzene rings is 2. The lowest BCUT2D eigenvalue weighted by Gasteiger charge is -2.05. The number of thioether (sulfide) groups is 1. The molecule has 2 aromatic carbocycles. The van der Waals surface area contributed by atoms with Crippen molar-refractivity contribution in [2.45, 2.75) is 18.4 Å². The van der Waals surface area contributed by atoms with Crippen LogP contribution in [0.25, 0.3) is 11.4 Å². The van der Waals surface area contributed by atoms with Crippen LogP contribution in [0.3, 0.4) is 0 Å². The zero-order valence-corrected chi connectivity index (χ0v) is 15.0. The predicted molar refractivity (Wildman–Crippen MR) is 98.1 cm³/mol. The third-order valence-corrected chi connectivity index (χ3v) is 4.57. The van der Waals surface area contributed by atoms with Crippen molar-refractivity contribution in [3.63, 3.8) is 0 Å². The van der Waals surface area contributed by atoms with E-state index < -0.39 is 0 Å². The molecule has 3 aromatic rings. The van der Waals surface area contributed by atoms with Gasteiger partial charge in [0, 0.05) is 22.8 Å². The first-order valence-corrected chi connectivity index (χ1v) is 9.08. The zero-order valence-electron chi connectivity index (χ0n) is 14.2. The summed E-state index contributed by atoms with van der Waals surface area (Å²) >= 11 is 1.68. The predicted octanol–water partition coefficient (Wildman–Crippen LogP) is 2.70.